The van der Waals surface area contributed by atoms with Crippen LogP contribution in [-0.4, -0.2) is 27.7 Å². The van der Waals surface area contributed by atoms with Crippen molar-refractivity contribution >= 4 is 5.65 Å². The summed E-state index contributed by atoms with van der Waals surface area (Å²) >= 11 is 0. The van der Waals surface area contributed by atoms with E-state index in [2.05, 4.69) is 4.98 Å². The molecule has 0 aromatic carbocycles. The van der Waals surface area contributed by atoms with Crippen molar-refractivity contribution in [3.8, 4) is 5.75 Å². The summed E-state index contributed by atoms with van der Waals surface area (Å²) in [5.74, 6) is 0.860. The molecule has 3 heterocycles. The van der Waals surface area contributed by atoms with Crippen LogP contribution in [0, 0.1) is 5.92 Å². The summed E-state index contributed by atoms with van der Waals surface area (Å²) < 4.78 is 7.21. The molecule has 1 aliphatic heterocycles. The lowest BCUT2D eigenvalue weighted by molar-refractivity contribution is 0.185. The number of imidazole rings is 1. The topological polar surface area (TPSA) is 46.8 Å². The Morgan fingerprint density at radius 2 is 2.38 bits per heavy atom. The Hall–Kier alpha value is -1.55. The van der Waals surface area contributed by atoms with Gasteiger partial charge in [-0.2, -0.15) is 0 Å². The molecule has 1 aliphatic rings. The molecule has 84 valence electrons. The van der Waals surface area contributed by atoms with Gasteiger partial charge in [0, 0.05) is 19.4 Å². The number of hydrogen-bond acceptors (Lipinski definition) is 3. The number of pyridine rings is 1. The van der Waals surface area contributed by atoms with Gasteiger partial charge in [-0.15, -0.1) is 0 Å². The molecular formula is C12H14N2O2. The van der Waals surface area contributed by atoms with Crippen molar-refractivity contribution in [1.29, 1.82) is 0 Å². The van der Waals surface area contributed by atoms with Crippen LogP contribution in [0.1, 0.15) is 12.1 Å². The van der Waals surface area contributed by atoms with Crippen molar-refractivity contribution in [3.63, 3.8) is 0 Å². The number of hydrogen-bond donors (Lipinski definition) is 1. The summed E-state index contributed by atoms with van der Waals surface area (Å²) in [4.78, 5) is 4.51. The molecule has 4 nitrogen and oxygen atoms in total. The van der Waals surface area contributed by atoms with E-state index in [-0.39, 0.29) is 5.75 Å². The lowest BCUT2D eigenvalue weighted by Crippen LogP contribution is -2.03. The zero-order chi connectivity index (χ0) is 11.0. The summed E-state index contributed by atoms with van der Waals surface area (Å²) in [7, 11) is 0. The van der Waals surface area contributed by atoms with Crippen LogP contribution in [0.3, 0.4) is 0 Å². The molecule has 1 N–H and O–H groups in total. The maximum atomic E-state index is 9.36. The number of aromatic nitrogens is 2. The van der Waals surface area contributed by atoms with Gasteiger partial charge in [-0.1, -0.05) is 0 Å². The van der Waals surface area contributed by atoms with Crippen LogP contribution in [0.15, 0.2) is 24.5 Å². The minimum absolute atomic E-state index is 0.264. The molecule has 1 saturated heterocycles. The predicted octanol–water partition coefficient (Wildman–Crippen LogP) is 1.62. The number of fused-ring (bicyclic) bond motifs is 1. The number of aromatic hydroxyl groups is 1. The van der Waals surface area contributed by atoms with Crippen LogP contribution in [-0.2, 0) is 11.2 Å². The van der Waals surface area contributed by atoms with Gasteiger partial charge in [-0.25, -0.2) is 4.98 Å². The molecule has 0 radical (unpaired) electrons. The van der Waals surface area contributed by atoms with E-state index in [4.69, 9.17) is 4.74 Å². The summed E-state index contributed by atoms with van der Waals surface area (Å²) in [5.41, 5.74) is 1.95. The highest BCUT2D eigenvalue weighted by atomic mass is 16.5. The Balaban J connectivity index is 1.86. The van der Waals surface area contributed by atoms with Crippen molar-refractivity contribution in [3.05, 3.63) is 30.2 Å². The van der Waals surface area contributed by atoms with Gasteiger partial charge in [-0.3, -0.25) is 0 Å². The second-order valence-electron chi connectivity index (χ2n) is 4.32. The largest absolute Gasteiger partial charge is 0.506 e. The SMILES string of the molecule is Oc1ccc2nc(CC3CCOC3)cn2c1. The first-order chi connectivity index (χ1) is 7.81. The van der Waals surface area contributed by atoms with Crippen LogP contribution in [0.5, 0.6) is 5.75 Å². The first-order valence-corrected chi connectivity index (χ1v) is 5.55. The van der Waals surface area contributed by atoms with E-state index < -0.39 is 0 Å². The van der Waals surface area contributed by atoms with Gasteiger partial charge in [0.15, 0.2) is 0 Å². The maximum Gasteiger partial charge on any atom is 0.137 e. The van der Waals surface area contributed by atoms with Gasteiger partial charge in [0.2, 0.25) is 0 Å². The Bertz CT molecular complexity index is 501. The lowest BCUT2D eigenvalue weighted by atomic mass is 10.0. The summed E-state index contributed by atoms with van der Waals surface area (Å²) in [6, 6.07) is 3.48. The van der Waals surface area contributed by atoms with Crippen LogP contribution in [0.2, 0.25) is 0 Å². The van der Waals surface area contributed by atoms with Crippen LogP contribution >= 0.6 is 0 Å². The first kappa shape index (κ1) is 9.66. The van der Waals surface area contributed by atoms with E-state index in [0.29, 0.717) is 5.92 Å². The minimum Gasteiger partial charge on any atom is -0.506 e. The molecular weight excluding hydrogens is 204 g/mol. The maximum absolute atomic E-state index is 9.36. The second kappa shape index (κ2) is 3.79. The Kier molecular flexibility index (Phi) is 2.29. The average Bonchev–Trinajstić information content (AvgIpc) is 2.86. The molecule has 1 unspecified atom stereocenters. The summed E-state index contributed by atoms with van der Waals surface area (Å²) in [5, 5.41) is 9.36. The zero-order valence-electron chi connectivity index (χ0n) is 8.97. The average molecular weight is 218 g/mol. The van der Waals surface area contributed by atoms with E-state index in [1.54, 1.807) is 12.3 Å². The normalized spacial score (nSPS) is 20.6. The first-order valence-electron chi connectivity index (χ1n) is 5.55. The fourth-order valence-corrected chi connectivity index (χ4v) is 2.17. The molecule has 1 atom stereocenters. The van der Waals surface area contributed by atoms with Gasteiger partial charge >= 0.3 is 0 Å². The van der Waals surface area contributed by atoms with Gasteiger partial charge in [0.25, 0.3) is 0 Å². The Labute approximate surface area is 93.5 Å². The molecule has 2 aromatic rings. The van der Waals surface area contributed by atoms with E-state index in [0.717, 1.165) is 37.4 Å². The zero-order valence-corrected chi connectivity index (χ0v) is 8.97. The third kappa shape index (κ3) is 1.76. The third-order valence-corrected chi connectivity index (χ3v) is 3.01. The molecule has 0 spiro atoms. The van der Waals surface area contributed by atoms with E-state index in [1.807, 2.05) is 16.7 Å². The summed E-state index contributed by atoms with van der Waals surface area (Å²) in [6.45, 7) is 1.72. The van der Waals surface area contributed by atoms with Gasteiger partial charge in [0.1, 0.15) is 11.4 Å². The van der Waals surface area contributed by atoms with E-state index in [1.165, 1.54) is 0 Å². The molecule has 1 fully saturated rings. The standard InChI is InChI=1S/C12H14N2O2/c15-11-1-2-12-13-10(6-14(12)7-11)5-9-3-4-16-8-9/h1-2,6-7,9,15H,3-5,8H2. The number of nitrogens with zero attached hydrogens (tertiary/aromatic N) is 2. The predicted molar refractivity (Wildman–Crippen MR) is 59.5 cm³/mol. The third-order valence-electron chi connectivity index (χ3n) is 3.01. The minimum atomic E-state index is 0.264. The highest BCUT2D eigenvalue weighted by molar-refractivity contribution is 5.42. The van der Waals surface area contributed by atoms with Crippen molar-refractivity contribution in [1.82, 2.24) is 9.38 Å². The smallest absolute Gasteiger partial charge is 0.137 e. The quantitative estimate of drug-likeness (QED) is 0.833. The molecule has 16 heavy (non-hydrogen) atoms. The van der Waals surface area contributed by atoms with Crippen molar-refractivity contribution in [2.24, 2.45) is 5.92 Å². The summed E-state index contributed by atoms with van der Waals surface area (Å²) in [6.07, 6.45) is 5.74. The number of rotatable bonds is 2. The Morgan fingerprint density at radius 3 is 3.19 bits per heavy atom. The van der Waals surface area contributed by atoms with Gasteiger partial charge in [-0.05, 0) is 30.9 Å². The highest BCUT2D eigenvalue weighted by Gasteiger charge is 2.17. The monoisotopic (exact) mass is 218 g/mol. The van der Waals surface area contributed by atoms with E-state index in [9.17, 15) is 5.11 Å². The molecule has 3 rings (SSSR count). The second-order valence-corrected chi connectivity index (χ2v) is 4.32. The van der Waals surface area contributed by atoms with Crippen molar-refractivity contribution in [2.45, 2.75) is 12.8 Å². The highest BCUT2D eigenvalue weighted by Crippen LogP contribution is 2.19. The molecule has 0 amide bonds. The van der Waals surface area contributed by atoms with Crippen LogP contribution in [0.4, 0.5) is 0 Å². The Morgan fingerprint density at radius 1 is 1.44 bits per heavy atom. The lowest BCUT2D eigenvalue weighted by Gasteiger charge is -2.02. The number of ether oxygens (including phenoxy) is 1. The van der Waals surface area contributed by atoms with E-state index >= 15 is 0 Å². The van der Waals surface area contributed by atoms with Crippen molar-refractivity contribution in [2.75, 3.05) is 13.2 Å². The molecule has 0 bridgehead atoms. The van der Waals surface area contributed by atoms with Crippen molar-refractivity contribution < 1.29 is 9.84 Å². The van der Waals surface area contributed by atoms with Crippen LogP contribution < -0.4 is 0 Å². The molecule has 0 saturated carbocycles. The van der Waals surface area contributed by atoms with Crippen LogP contribution in [0.25, 0.3) is 5.65 Å². The molecule has 0 aliphatic carbocycles. The fraction of sp³-hybridized carbons (Fsp3) is 0.417. The fourth-order valence-electron chi connectivity index (χ4n) is 2.17. The van der Waals surface area contributed by atoms with Gasteiger partial charge < -0.3 is 14.2 Å². The molecule has 2 aromatic heterocycles. The van der Waals surface area contributed by atoms with Gasteiger partial charge in [0.05, 0.1) is 11.9 Å². The molecule has 4 heteroatoms.